The Bertz CT molecular complexity index is 839. The van der Waals surface area contributed by atoms with E-state index in [4.69, 9.17) is 5.73 Å². The SMILES string of the molecule is CSCCC(NC(=O)C(CS)NC(=O)C(Cc1ccc(O)cc1)NC(=O)C(N)C(C)O)C(=O)O. The molecule has 0 aliphatic rings. The van der Waals surface area contributed by atoms with Crippen molar-refractivity contribution < 1.29 is 34.5 Å². The molecule has 1 aromatic rings. The topological polar surface area (TPSA) is 191 Å². The molecule has 13 heteroatoms. The van der Waals surface area contributed by atoms with E-state index in [9.17, 15) is 34.5 Å². The molecule has 5 unspecified atom stereocenters. The molecule has 0 aliphatic heterocycles. The number of benzene rings is 1. The fourth-order valence-electron chi connectivity index (χ4n) is 2.80. The third kappa shape index (κ3) is 9.79. The van der Waals surface area contributed by atoms with Gasteiger partial charge in [0.25, 0.3) is 0 Å². The van der Waals surface area contributed by atoms with Crippen molar-refractivity contribution in [2.24, 2.45) is 5.73 Å². The number of rotatable bonds is 14. The molecule has 0 radical (unpaired) electrons. The van der Waals surface area contributed by atoms with Gasteiger partial charge in [0.1, 0.15) is 29.9 Å². The summed E-state index contributed by atoms with van der Waals surface area (Å²) in [4.78, 5) is 49.4. The first-order chi connectivity index (χ1) is 16.0. The number of carbonyl (C=O) groups excluding carboxylic acids is 3. The van der Waals surface area contributed by atoms with Crippen LogP contribution in [0.5, 0.6) is 5.75 Å². The average Bonchev–Trinajstić information content (AvgIpc) is 2.79. The van der Waals surface area contributed by atoms with Crippen molar-refractivity contribution >= 4 is 48.1 Å². The number of nitrogens with one attached hydrogen (secondary N) is 3. The Morgan fingerprint density at radius 1 is 1.00 bits per heavy atom. The lowest BCUT2D eigenvalue weighted by Gasteiger charge is -2.25. The van der Waals surface area contributed by atoms with Gasteiger partial charge in [-0.05, 0) is 43.0 Å². The summed E-state index contributed by atoms with van der Waals surface area (Å²) in [5.41, 5.74) is 6.26. The summed E-state index contributed by atoms with van der Waals surface area (Å²) >= 11 is 5.52. The summed E-state index contributed by atoms with van der Waals surface area (Å²) < 4.78 is 0. The van der Waals surface area contributed by atoms with E-state index in [1.54, 1.807) is 12.1 Å². The van der Waals surface area contributed by atoms with E-state index in [2.05, 4.69) is 28.6 Å². The molecule has 11 nitrogen and oxygen atoms in total. The number of aliphatic hydroxyl groups excluding tert-OH is 1. The molecule has 0 saturated carbocycles. The molecule has 0 aromatic heterocycles. The number of hydrogen-bond acceptors (Lipinski definition) is 9. The fourth-order valence-corrected chi connectivity index (χ4v) is 3.52. The van der Waals surface area contributed by atoms with Gasteiger partial charge in [-0.2, -0.15) is 24.4 Å². The van der Waals surface area contributed by atoms with E-state index >= 15 is 0 Å². The second-order valence-electron chi connectivity index (χ2n) is 7.62. The standard InChI is InChI=1S/C21H32N4O7S2/c1-11(26)17(22)20(30)24-15(9-12-3-5-13(27)6-4-12)18(28)25-16(10-33)19(29)23-14(21(31)32)7-8-34-2/h3-6,11,14-17,26-27,33H,7-10,22H2,1-2H3,(H,23,29)(H,24,30)(H,25,28)(H,31,32). The van der Waals surface area contributed by atoms with Crippen molar-refractivity contribution in [1.82, 2.24) is 16.0 Å². The maximum absolute atomic E-state index is 13.0. The first-order valence-electron chi connectivity index (χ1n) is 10.4. The van der Waals surface area contributed by atoms with Crippen LogP contribution >= 0.6 is 24.4 Å². The molecule has 3 amide bonds. The minimum Gasteiger partial charge on any atom is -0.508 e. The molecule has 0 saturated heterocycles. The van der Waals surface area contributed by atoms with Crippen LogP contribution in [0.15, 0.2) is 24.3 Å². The van der Waals surface area contributed by atoms with E-state index in [0.717, 1.165) is 0 Å². The van der Waals surface area contributed by atoms with Gasteiger partial charge in [-0.15, -0.1) is 0 Å². The predicted octanol–water partition coefficient (Wildman–Crippen LogP) is -1.14. The van der Waals surface area contributed by atoms with Crippen LogP contribution in [0.1, 0.15) is 18.9 Å². The Kier molecular flexibility index (Phi) is 12.8. The maximum Gasteiger partial charge on any atom is 0.326 e. The number of carbonyl (C=O) groups is 4. The van der Waals surface area contributed by atoms with Crippen molar-refractivity contribution in [3.63, 3.8) is 0 Å². The number of amides is 3. The smallest absolute Gasteiger partial charge is 0.326 e. The second kappa shape index (κ2) is 14.7. The molecule has 0 aliphatic carbocycles. The molecule has 8 N–H and O–H groups in total. The minimum absolute atomic E-state index is 0.00321. The molecule has 1 rings (SSSR count). The molecule has 190 valence electrons. The summed E-state index contributed by atoms with van der Waals surface area (Å²) in [5.74, 6) is -3.03. The number of aromatic hydroxyl groups is 1. The van der Waals surface area contributed by atoms with Crippen molar-refractivity contribution in [3.05, 3.63) is 29.8 Å². The van der Waals surface area contributed by atoms with Crippen LogP contribution in [0.4, 0.5) is 0 Å². The van der Waals surface area contributed by atoms with Gasteiger partial charge in [0, 0.05) is 12.2 Å². The molecule has 0 fully saturated rings. The molecule has 1 aromatic carbocycles. The van der Waals surface area contributed by atoms with Crippen LogP contribution in [0.2, 0.25) is 0 Å². The fraction of sp³-hybridized carbons (Fsp3) is 0.524. The summed E-state index contributed by atoms with van der Waals surface area (Å²) in [6.45, 7) is 1.33. The molecular weight excluding hydrogens is 484 g/mol. The lowest BCUT2D eigenvalue weighted by molar-refractivity contribution is -0.142. The number of aliphatic carboxylic acids is 1. The molecule has 34 heavy (non-hydrogen) atoms. The van der Waals surface area contributed by atoms with Crippen LogP contribution in [0.25, 0.3) is 0 Å². The van der Waals surface area contributed by atoms with Crippen LogP contribution in [-0.4, -0.2) is 87.0 Å². The maximum atomic E-state index is 13.0. The van der Waals surface area contributed by atoms with E-state index in [-0.39, 0.29) is 24.3 Å². The zero-order valence-corrected chi connectivity index (χ0v) is 20.6. The quantitative estimate of drug-likeness (QED) is 0.141. The van der Waals surface area contributed by atoms with E-state index in [0.29, 0.717) is 11.3 Å². The van der Waals surface area contributed by atoms with Crippen LogP contribution in [0.3, 0.4) is 0 Å². The van der Waals surface area contributed by atoms with Crippen molar-refractivity contribution in [2.45, 2.75) is 50.0 Å². The lowest BCUT2D eigenvalue weighted by Crippen LogP contribution is -2.59. The normalized spacial score (nSPS) is 15.3. The number of thiol groups is 1. The number of hydrogen-bond donors (Lipinski definition) is 8. The zero-order chi connectivity index (χ0) is 25.8. The largest absolute Gasteiger partial charge is 0.508 e. The Morgan fingerprint density at radius 2 is 1.53 bits per heavy atom. The number of nitrogens with two attached hydrogens (primary N) is 1. The monoisotopic (exact) mass is 516 g/mol. The first kappa shape index (κ1) is 29.6. The van der Waals surface area contributed by atoms with Gasteiger partial charge in [0.05, 0.1) is 6.10 Å². The predicted molar refractivity (Wildman–Crippen MR) is 132 cm³/mol. The van der Waals surface area contributed by atoms with Crippen molar-refractivity contribution in [3.8, 4) is 5.75 Å². The number of phenols is 1. The highest BCUT2D eigenvalue weighted by Crippen LogP contribution is 2.12. The van der Waals surface area contributed by atoms with E-state index in [1.165, 1.54) is 30.8 Å². The Morgan fingerprint density at radius 3 is 2.03 bits per heavy atom. The van der Waals surface area contributed by atoms with Crippen LogP contribution in [-0.2, 0) is 25.6 Å². The highest BCUT2D eigenvalue weighted by Gasteiger charge is 2.30. The van der Waals surface area contributed by atoms with Gasteiger partial charge < -0.3 is 37.0 Å². The zero-order valence-electron chi connectivity index (χ0n) is 18.9. The molecular formula is C21H32N4O7S2. The minimum atomic E-state index is -1.29. The number of aliphatic hydroxyl groups is 1. The Labute approximate surface area is 207 Å². The van der Waals surface area contributed by atoms with Crippen LogP contribution < -0.4 is 21.7 Å². The number of phenolic OH excluding ortho intramolecular Hbond substituents is 1. The number of thioether (sulfide) groups is 1. The highest BCUT2D eigenvalue weighted by molar-refractivity contribution is 7.98. The van der Waals surface area contributed by atoms with Crippen molar-refractivity contribution in [1.29, 1.82) is 0 Å². The molecule has 5 atom stereocenters. The summed E-state index contributed by atoms with van der Waals surface area (Å²) in [7, 11) is 0. The summed E-state index contributed by atoms with van der Waals surface area (Å²) in [6, 6.07) is 1.18. The Hall–Kier alpha value is -2.48. The van der Waals surface area contributed by atoms with Gasteiger partial charge in [-0.1, -0.05) is 12.1 Å². The van der Waals surface area contributed by atoms with Gasteiger partial charge in [0.15, 0.2) is 0 Å². The third-order valence-corrected chi connectivity index (χ3v) is 5.88. The number of carboxylic acid groups (broad SMARTS) is 1. The van der Waals surface area contributed by atoms with E-state index < -0.39 is 54.0 Å². The highest BCUT2D eigenvalue weighted by atomic mass is 32.2. The van der Waals surface area contributed by atoms with Crippen molar-refractivity contribution in [2.75, 3.05) is 17.8 Å². The molecule has 0 heterocycles. The lowest BCUT2D eigenvalue weighted by atomic mass is 10.0. The molecule has 0 spiro atoms. The second-order valence-corrected chi connectivity index (χ2v) is 8.97. The van der Waals surface area contributed by atoms with Gasteiger partial charge in [0.2, 0.25) is 17.7 Å². The first-order valence-corrected chi connectivity index (χ1v) is 12.5. The van der Waals surface area contributed by atoms with Gasteiger partial charge in [-0.25, -0.2) is 4.79 Å². The average molecular weight is 517 g/mol. The summed E-state index contributed by atoms with van der Waals surface area (Å²) in [6.07, 6.45) is 0.842. The number of carboxylic acids is 1. The van der Waals surface area contributed by atoms with Gasteiger partial charge in [-0.3, -0.25) is 14.4 Å². The Balaban J connectivity index is 2.99. The molecule has 0 bridgehead atoms. The summed E-state index contributed by atoms with van der Waals surface area (Å²) in [5, 5.41) is 35.7. The third-order valence-electron chi connectivity index (χ3n) is 4.87. The van der Waals surface area contributed by atoms with Crippen LogP contribution in [0, 0.1) is 0 Å². The van der Waals surface area contributed by atoms with Gasteiger partial charge >= 0.3 is 5.97 Å². The van der Waals surface area contributed by atoms with E-state index in [1.807, 2.05) is 6.26 Å².